The first kappa shape index (κ1) is 19.7. The smallest absolute Gasteiger partial charge is 0.254 e. The average molecular weight is 547 g/mol. The monoisotopic (exact) mass is 547 g/mol. The minimum Gasteiger partial charge on any atom is -0.342 e. The van der Waals surface area contributed by atoms with E-state index in [0.29, 0.717) is 11.8 Å². The van der Waals surface area contributed by atoms with Crippen molar-refractivity contribution in [1.82, 2.24) is 9.58 Å². The third-order valence-corrected chi connectivity index (χ3v) is 8.76. The predicted octanol–water partition coefficient (Wildman–Crippen LogP) is 4.68. The van der Waals surface area contributed by atoms with Gasteiger partial charge in [0.2, 0.25) is 0 Å². The van der Waals surface area contributed by atoms with Crippen LogP contribution in [0.1, 0.15) is 17.5 Å². The summed E-state index contributed by atoms with van der Waals surface area (Å²) in [5, 5.41) is 6.69. The first-order chi connectivity index (χ1) is 16.1. The molecule has 2 saturated carbocycles. The first-order valence-electron chi connectivity index (χ1n) is 11.5. The number of aromatic nitrogens is 1. The lowest BCUT2D eigenvalue weighted by molar-refractivity contribution is -0.140. The number of hydrogen-bond acceptors (Lipinski definition) is 3. The lowest BCUT2D eigenvalue weighted by Crippen LogP contribution is -2.40. The Morgan fingerprint density at radius 1 is 0.939 bits per heavy atom. The molecule has 1 saturated heterocycles. The molecule has 0 radical (unpaired) electrons. The molecule has 0 spiro atoms. The van der Waals surface area contributed by atoms with E-state index in [1.807, 2.05) is 12.1 Å². The van der Waals surface area contributed by atoms with E-state index in [-0.39, 0.29) is 35.5 Å². The maximum atomic E-state index is 13.2. The zero-order chi connectivity index (χ0) is 22.3. The highest BCUT2D eigenvalue weighted by Gasteiger charge is 2.67. The molecular weight excluding hydrogens is 525 g/mol. The summed E-state index contributed by atoms with van der Waals surface area (Å²) < 4.78 is 3.41. The zero-order valence-corrected chi connectivity index (χ0v) is 20.0. The lowest BCUT2D eigenvalue weighted by Gasteiger charge is -2.37. The number of hydrazone groups is 1. The minimum absolute atomic E-state index is 0.117. The third kappa shape index (κ3) is 2.92. The predicted molar refractivity (Wildman–Crippen MR) is 134 cm³/mol. The topological polar surface area (TPSA) is 54.7 Å². The van der Waals surface area contributed by atoms with Crippen molar-refractivity contribution in [2.24, 2.45) is 40.6 Å². The maximum absolute atomic E-state index is 13.2. The van der Waals surface area contributed by atoms with Gasteiger partial charge in [0, 0.05) is 32.8 Å². The molecule has 6 atom stereocenters. The van der Waals surface area contributed by atoms with E-state index in [2.05, 4.69) is 87.0 Å². The number of imide groups is 1. The molecule has 6 heteroatoms. The van der Waals surface area contributed by atoms with E-state index >= 15 is 0 Å². The SMILES string of the molecule is O=C1[C@@H]2[C@H]3C=C[C@@H]([C@@H]4C[C@@H]34)[C@H]2C(=O)N1/N=C\c1cn(Cc2ccc(I)cc2)c2ccccc12. The molecule has 3 fully saturated rings. The number of nitrogens with zero attached hydrogens (tertiary/aromatic N) is 3. The Balaban J connectivity index is 1.20. The van der Waals surface area contributed by atoms with Crippen molar-refractivity contribution in [3.05, 3.63) is 81.6 Å². The summed E-state index contributed by atoms with van der Waals surface area (Å²) in [5.74, 6) is 0.978. The molecule has 4 aliphatic carbocycles. The van der Waals surface area contributed by atoms with Crippen molar-refractivity contribution >= 4 is 51.5 Å². The third-order valence-electron chi connectivity index (χ3n) is 8.04. The van der Waals surface area contributed by atoms with Gasteiger partial charge in [-0.1, -0.05) is 42.5 Å². The van der Waals surface area contributed by atoms with Gasteiger partial charge in [0.05, 0.1) is 18.1 Å². The van der Waals surface area contributed by atoms with Gasteiger partial charge in [0.15, 0.2) is 0 Å². The Morgan fingerprint density at radius 2 is 1.61 bits per heavy atom. The second-order valence-electron chi connectivity index (χ2n) is 9.74. The molecule has 2 aromatic carbocycles. The molecule has 2 amide bonds. The number of carbonyl (C=O) groups is 2. The molecule has 1 aromatic heterocycles. The number of hydrogen-bond donors (Lipinski definition) is 0. The summed E-state index contributed by atoms with van der Waals surface area (Å²) in [7, 11) is 0. The average Bonchev–Trinajstić information content (AvgIpc) is 3.54. The summed E-state index contributed by atoms with van der Waals surface area (Å²) in [5.41, 5.74) is 3.23. The van der Waals surface area contributed by atoms with Gasteiger partial charge >= 0.3 is 0 Å². The largest absolute Gasteiger partial charge is 0.342 e. The summed E-state index contributed by atoms with van der Waals surface area (Å²) >= 11 is 2.31. The zero-order valence-electron chi connectivity index (χ0n) is 17.8. The Morgan fingerprint density at radius 3 is 2.30 bits per heavy atom. The number of allylic oxidation sites excluding steroid dienone is 2. The Kier molecular flexibility index (Phi) is 4.26. The van der Waals surface area contributed by atoms with E-state index < -0.39 is 0 Å². The molecule has 0 N–H and O–H groups in total. The highest BCUT2D eigenvalue weighted by molar-refractivity contribution is 14.1. The molecule has 164 valence electrons. The first-order valence-corrected chi connectivity index (χ1v) is 12.6. The van der Waals surface area contributed by atoms with Crippen LogP contribution in [0.2, 0.25) is 0 Å². The Hall–Kier alpha value is -2.74. The van der Waals surface area contributed by atoms with Crippen molar-refractivity contribution in [2.45, 2.75) is 13.0 Å². The number of benzene rings is 2. The molecular formula is C27H22IN3O2. The fraction of sp³-hybridized carbons (Fsp3) is 0.296. The second-order valence-corrected chi connectivity index (χ2v) is 11.0. The van der Waals surface area contributed by atoms with Gasteiger partial charge in [-0.2, -0.15) is 10.1 Å². The van der Waals surface area contributed by atoms with Crippen molar-refractivity contribution in [3.63, 3.8) is 0 Å². The van der Waals surface area contributed by atoms with E-state index in [0.717, 1.165) is 23.0 Å². The molecule has 1 aliphatic heterocycles. The van der Waals surface area contributed by atoms with Gasteiger partial charge in [0.25, 0.3) is 11.8 Å². The Labute approximate surface area is 205 Å². The van der Waals surface area contributed by atoms with Crippen molar-refractivity contribution in [2.75, 3.05) is 0 Å². The van der Waals surface area contributed by atoms with Crippen LogP contribution in [-0.4, -0.2) is 27.6 Å². The number of para-hydroxylation sites is 1. The standard InChI is InChI=1S/C27H22IN3O2/c28-17-7-5-15(6-8-17)13-30-14-16(18-3-1-2-4-23(18)30)12-29-31-26(32)24-19-9-10-20(22-11-21(19)22)25(24)27(31)33/h1-10,12,14,19-22,24-25H,11,13H2/b29-12-/t19-,20-,21-,22-,24+,25+/m0/s1. The summed E-state index contributed by atoms with van der Waals surface area (Å²) in [6, 6.07) is 16.7. The number of fused-ring (bicyclic) bond motifs is 1. The molecule has 33 heavy (non-hydrogen) atoms. The van der Waals surface area contributed by atoms with Crippen molar-refractivity contribution < 1.29 is 9.59 Å². The van der Waals surface area contributed by atoms with Crippen LogP contribution >= 0.6 is 22.6 Å². The molecule has 8 rings (SSSR count). The Bertz CT molecular complexity index is 1340. The quantitative estimate of drug-likeness (QED) is 0.206. The highest BCUT2D eigenvalue weighted by Crippen LogP contribution is 2.65. The highest BCUT2D eigenvalue weighted by atomic mass is 127. The fourth-order valence-corrected chi connectivity index (χ4v) is 6.83. The van der Waals surface area contributed by atoms with Gasteiger partial charge in [-0.3, -0.25) is 9.59 Å². The van der Waals surface area contributed by atoms with Crippen LogP contribution in [0.3, 0.4) is 0 Å². The van der Waals surface area contributed by atoms with Crippen LogP contribution < -0.4 is 0 Å². The van der Waals surface area contributed by atoms with E-state index in [1.165, 1.54) is 20.6 Å². The number of amides is 2. The summed E-state index contributed by atoms with van der Waals surface area (Å²) in [4.78, 5) is 26.4. The lowest BCUT2D eigenvalue weighted by atomic mass is 9.63. The van der Waals surface area contributed by atoms with Crippen LogP contribution in [0, 0.1) is 39.1 Å². The van der Waals surface area contributed by atoms with Crippen molar-refractivity contribution in [3.8, 4) is 0 Å². The van der Waals surface area contributed by atoms with Crippen LogP contribution in [0.4, 0.5) is 0 Å². The molecule has 2 bridgehead atoms. The van der Waals surface area contributed by atoms with E-state index in [4.69, 9.17) is 0 Å². The van der Waals surface area contributed by atoms with E-state index in [1.54, 1.807) is 6.21 Å². The normalized spacial score (nSPS) is 31.6. The molecule has 2 heterocycles. The van der Waals surface area contributed by atoms with Crippen LogP contribution in [0.25, 0.3) is 10.9 Å². The number of carbonyl (C=O) groups excluding carboxylic acids is 2. The van der Waals surface area contributed by atoms with Crippen LogP contribution in [-0.2, 0) is 16.1 Å². The maximum Gasteiger partial charge on any atom is 0.254 e. The van der Waals surface area contributed by atoms with Crippen LogP contribution in [0.15, 0.2) is 72.0 Å². The van der Waals surface area contributed by atoms with Gasteiger partial charge in [-0.15, -0.1) is 0 Å². The van der Waals surface area contributed by atoms with E-state index in [9.17, 15) is 9.59 Å². The summed E-state index contributed by atoms with van der Waals surface area (Å²) in [6.45, 7) is 0.745. The summed E-state index contributed by atoms with van der Waals surface area (Å²) in [6.07, 6.45) is 9.30. The number of rotatable bonds is 4. The number of halogens is 1. The fourth-order valence-electron chi connectivity index (χ4n) is 6.47. The van der Waals surface area contributed by atoms with Crippen molar-refractivity contribution in [1.29, 1.82) is 0 Å². The molecule has 5 nitrogen and oxygen atoms in total. The van der Waals surface area contributed by atoms with Crippen LogP contribution in [0.5, 0.6) is 0 Å². The van der Waals surface area contributed by atoms with Gasteiger partial charge in [-0.05, 0) is 76.4 Å². The minimum atomic E-state index is -0.212. The van der Waals surface area contributed by atoms with Gasteiger partial charge in [-0.25, -0.2) is 0 Å². The molecule has 3 aromatic rings. The van der Waals surface area contributed by atoms with Gasteiger partial charge in [0.1, 0.15) is 0 Å². The molecule has 0 unspecified atom stereocenters. The molecule has 5 aliphatic rings. The van der Waals surface area contributed by atoms with Gasteiger partial charge < -0.3 is 4.57 Å². The second kappa shape index (κ2) is 7.13.